The highest BCUT2D eigenvalue weighted by molar-refractivity contribution is 7.91. The Labute approximate surface area is 95.9 Å². The van der Waals surface area contributed by atoms with Crippen LogP contribution in [-0.4, -0.2) is 45.0 Å². The normalized spacial score (nSPS) is 32.8. The van der Waals surface area contributed by atoms with E-state index in [-0.39, 0.29) is 23.5 Å². The largest absolute Gasteiger partial charge is 0.352 e. The fourth-order valence-electron chi connectivity index (χ4n) is 2.35. The minimum absolute atomic E-state index is 0.00389. The number of rotatable bonds is 3. The molecular formula is C10H18N2O3S. The lowest BCUT2D eigenvalue weighted by molar-refractivity contribution is -0.122. The van der Waals surface area contributed by atoms with Gasteiger partial charge in [0.15, 0.2) is 9.84 Å². The van der Waals surface area contributed by atoms with Gasteiger partial charge >= 0.3 is 0 Å². The molecule has 5 nitrogen and oxygen atoms in total. The van der Waals surface area contributed by atoms with E-state index in [4.69, 9.17) is 0 Å². The Bertz CT molecular complexity index is 360. The van der Waals surface area contributed by atoms with Gasteiger partial charge in [0.25, 0.3) is 0 Å². The van der Waals surface area contributed by atoms with Gasteiger partial charge in [0.05, 0.1) is 11.5 Å². The number of amides is 1. The first-order valence-electron chi connectivity index (χ1n) is 5.76. The van der Waals surface area contributed by atoms with Crippen molar-refractivity contribution in [2.75, 3.05) is 24.6 Å². The zero-order valence-electron chi connectivity index (χ0n) is 9.24. The zero-order chi connectivity index (χ0) is 11.6. The van der Waals surface area contributed by atoms with Crippen LogP contribution in [0.1, 0.15) is 19.3 Å². The van der Waals surface area contributed by atoms with Crippen molar-refractivity contribution in [1.82, 2.24) is 10.6 Å². The summed E-state index contributed by atoms with van der Waals surface area (Å²) in [4.78, 5) is 11.6. The second-order valence-corrected chi connectivity index (χ2v) is 6.96. The van der Waals surface area contributed by atoms with Crippen LogP contribution in [0.3, 0.4) is 0 Å². The first kappa shape index (κ1) is 11.9. The number of carbonyl (C=O) groups is 1. The maximum Gasteiger partial charge on any atom is 0.220 e. The van der Waals surface area contributed by atoms with E-state index in [1.54, 1.807) is 0 Å². The van der Waals surface area contributed by atoms with Gasteiger partial charge < -0.3 is 10.6 Å². The van der Waals surface area contributed by atoms with E-state index < -0.39 is 9.84 Å². The SMILES string of the molecule is O=C(CC1CCNC1)NC1CCS(=O)(=O)C1. The smallest absolute Gasteiger partial charge is 0.220 e. The number of sulfone groups is 1. The quantitative estimate of drug-likeness (QED) is 0.690. The van der Waals surface area contributed by atoms with Crippen LogP contribution in [0.2, 0.25) is 0 Å². The molecule has 2 aliphatic rings. The monoisotopic (exact) mass is 246 g/mol. The lowest BCUT2D eigenvalue weighted by Gasteiger charge is -2.13. The van der Waals surface area contributed by atoms with Crippen LogP contribution in [0.15, 0.2) is 0 Å². The first-order valence-corrected chi connectivity index (χ1v) is 7.58. The second-order valence-electron chi connectivity index (χ2n) is 4.73. The molecule has 2 fully saturated rings. The summed E-state index contributed by atoms with van der Waals surface area (Å²) in [7, 11) is -2.90. The van der Waals surface area contributed by atoms with Crippen LogP contribution in [0.25, 0.3) is 0 Å². The molecule has 2 unspecified atom stereocenters. The molecule has 0 radical (unpaired) electrons. The molecule has 2 N–H and O–H groups in total. The molecule has 92 valence electrons. The third-order valence-corrected chi connectivity index (χ3v) is 5.00. The van der Waals surface area contributed by atoms with Crippen molar-refractivity contribution in [3.05, 3.63) is 0 Å². The molecule has 2 atom stereocenters. The fraction of sp³-hybridized carbons (Fsp3) is 0.900. The number of hydrogen-bond donors (Lipinski definition) is 2. The maximum absolute atomic E-state index is 11.6. The summed E-state index contributed by atoms with van der Waals surface area (Å²) in [6, 6.07) is -0.160. The Morgan fingerprint density at radius 3 is 2.75 bits per heavy atom. The van der Waals surface area contributed by atoms with Gasteiger partial charge in [-0.25, -0.2) is 8.42 Å². The summed E-state index contributed by atoms with van der Waals surface area (Å²) in [6.07, 6.45) is 2.12. The number of hydrogen-bond acceptors (Lipinski definition) is 4. The first-order chi connectivity index (χ1) is 7.55. The van der Waals surface area contributed by atoms with Gasteiger partial charge in [0.2, 0.25) is 5.91 Å². The molecule has 0 aromatic heterocycles. The molecule has 1 amide bonds. The molecular weight excluding hydrogens is 228 g/mol. The topological polar surface area (TPSA) is 75.3 Å². The minimum Gasteiger partial charge on any atom is -0.352 e. The highest BCUT2D eigenvalue weighted by Gasteiger charge is 2.29. The summed E-state index contributed by atoms with van der Waals surface area (Å²) in [5, 5.41) is 6.02. The third kappa shape index (κ3) is 3.18. The van der Waals surface area contributed by atoms with Crippen LogP contribution >= 0.6 is 0 Å². The van der Waals surface area contributed by atoms with Crippen molar-refractivity contribution < 1.29 is 13.2 Å². The number of carbonyl (C=O) groups excluding carboxylic acids is 1. The minimum atomic E-state index is -2.90. The van der Waals surface area contributed by atoms with Crippen LogP contribution < -0.4 is 10.6 Å². The van der Waals surface area contributed by atoms with Crippen molar-refractivity contribution in [2.24, 2.45) is 5.92 Å². The summed E-state index contributed by atoms with van der Waals surface area (Å²) >= 11 is 0. The van der Waals surface area contributed by atoms with Gasteiger partial charge in [-0.05, 0) is 31.8 Å². The van der Waals surface area contributed by atoms with Crippen LogP contribution in [-0.2, 0) is 14.6 Å². The highest BCUT2D eigenvalue weighted by Crippen LogP contribution is 2.14. The van der Waals surface area contributed by atoms with Gasteiger partial charge in [0, 0.05) is 12.5 Å². The van der Waals surface area contributed by atoms with Crippen LogP contribution in [0.4, 0.5) is 0 Å². The Hall–Kier alpha value is -0.620. The highest BCUT2D eigenvalue weighted by atomic mass is 32.2. The molecule has 2 heterocycles. The van der Waals surface area contributed by atoms with Crippen molar-refractivity contribution in [3.63, 3.8) is 0 Å². The Morgan fingerprint density at radius 2 is 2.19 bits per heavy atom. The van der Waals surface area contributed by atoms with Crippen molar-refractivity contribution in [2.45, 2.75) is 25.3 Å². The van der Waals surface area contributed by atoms with Crippen LogP contribution in [0.5, 0.6) is 0 Å². The van der Waals surface area contributed by atoms with Crippen molar-refractivity contribution in [1.29, 1.82) is 0 Å². The number of nitrogens with one attached hydrogen (secondary N) is 2. The molecule has 16 heavy (non-hydrogen) atoms. The molecule has 0 aromatic carbocycles. The molecule has 0 aromatic rings. The zero-order valence-corrected chi connectivity index (χ0v) is 10.1. The van der Waals surface area contributed by atoms with Gasteiger partial charge in [-0.3, -0.25) is 4.79 Å². The molecule has 2 saturated heterocycles. The summed E-state index contributed by atoms with van der Waals surface area (Å²) < 4.78 is 22.4. The van der Waals surface area contributed by atoms with E-state index in [1.165, 1.54) is 0 Å². The summed E-state index contributed by atoms with van der Waals surface area (Å²) in [6.45, 7) is 1.88. The lowest BCUT2D eigenvalue weighted by atomic mass is 10.0. The predicted molar refractivity (Wildman–Crippen MR) is 60.8 cm³/mol. The Balaban J connectivity index is 1.75. The van der Waals surface area contributed by atoms with Gasteiger partial charge in [-0.1, -0.05) is 0 Å². The molecule has 6 heteroatoms. The standard InChI is InChI=1S/C10H18N2O3S/c13-10(5-8-1-3-11-6-8)12-9-2-4-16(14,15)7-9/h8-9,11H,1-7H2,(H,12,13). The van der Waals surface area contributed by atoms with E-state index in [1.807, 2.05) is 0 Å². The van der Waals surface area contributed by atoms with E-state index >= 15 is 0 Å². The van der Waals surface area contributed by atoms with Crippen molar-refractivity contribution >= 4 is 15.7 Å². The molecule has 2 rings (SSSR count). The summed E-state index contributed by atoms with van der Waals surface area (Å²) in [5.41, 5.74) is 0. The molecule has 0 bridgehead atoms. The maximum atomic E-state index is 11.6. The van der Waals surface area contributed by atoms with Gasteiger partial charge in [-0.2, -0.15) is 0 Å². The third-order valence-electron chi connectivity index (χ3n) is 3.23. The fourth-order valence-corrected chi connectivity index (χ4v) is 4.02. The molecule has 0 aliphatic carbocycles. The molecule has 2 aliphatic heterocycles. The van der Waals surface area contributed by atoms with E-state index in [0.29, 0.717) is 18.8 Å². The van der Waals surface area contributed by atoms with E-state index in [0.717, 1.165) is 19.5 Å². The average molecular weight is 246 g/mol. The summed E-state index contributed by atoms with van der Waals surface area (Å²) in [5.74, 6) is 0.735. The second kappa shape index (κ2) is 4.71. The Morgan fingerprint density at radius 1 is 1.38 bits per heavy atom. The van der Waals surface area contributed by atoms with Crippen molar-refractivity contribution in [3.8, 4) is 0 Å². The predicted octanol–water partition coefficient (Wildman–Crippen LogP) is -0.711. The van der Waals surface area contributed by atoms with E-state index in [9.17, 15) is 13.2 Å². The molecule has 0 saturated carbocycles. The Kier molecular flexibility index (Phi) is 3.49. The van der Waals surface area contributed by atoms with Crippen LogP contribution in [0, 0.1) is 5.92 Å². The average Bonchev–Trinajstić information content (AvgIpc) is 2.76. The van der Waals surface area contributed by atoms with Gasteiger partial charge in [-0.15, -0.1) is 0 Å². The van der Waals surface area contributed by atoms with E-state index in [2.05, 4.69) is 10.6 Å². The lowest BCUT2D eigenvalue weighted by Crippen LogP contribution is -2.36. The van der Waals surface area contributed by atoms with Gasteiger partial charge in [0.1, 0.15) is 0 Å². The molecule has 0 spiro atoms.